The van der Waals surface area contributed by atoms with Crippen LogP contribution in [0.3, 0.4) is 0 Å². The summed E-state index contributed by atoms with van der Waals surface area (Å²) in [7, 11) is 0.175. The Balaban J connectivity index is 2.96. The van der Waals surface area contributed by atoms with Gasteiger partial charge in [-0.2, -0.15) is 0 Å². The third kappa shape index (κ3) is 4.62. The number of carbonyl (C=O) groups excluding carboxylic acids is 1. The maximum Gasteiger partial charge on any atom is 0.240 e. The second-order valence-electron chi connectivity index (χ2n) is 5.84. The summed E-state index contributed by atoms with van der Waals surface area (Å²) in [5, 5.41) is 0. The normalized spacial score (nSPS) is 12.7. The molecule has 0 bridgehead atoms. The first kappa shape index (κ1) is 17.8. The minimum Gasteiger partial charge on any atom is -0.303 e. The van der Waals surface area contributed by atoms with Crippen molar-refractivity contribution >= 4 is 15.8 Å². The van der Waals surface area contributed by atoms with Gasteiger partial charge in [-0.3, -0.25) is 4.79 Å². The molecule has 0 aliphatic rings. The number of benzene rings is 1. The predicted octanol–water partition coefficient (Wildman–Crippen LogP) is 1.90. The van der Waals surface area contributed by atoms with Crippen LogP contribution in [0.1, 0.15) is 37.6 Å². The van der Waals surface area contributed by atoms with Crippen molar-refractivity contribution in [2.24, 2.45) is 0 Å². The summed E-state index contributed by atoms with van der Waals surface area (Å²) in [6.45, 7) is 5.94. The first-order valence-electron chi connectivity index (χ1n) is 6.90. The Morgan fingerprint density at radius 2 is 1.90 bits per heavy atom. The highest BCUT2D eigenvalue weighted by Gasteiger charge is 2.24. The maximum atomic E-state index is 12.3. The molecular weight excluding hydrogens is 288 g/mol. The van der Waals surface area contributed by atoms with E-state index in [-0.39, 0.29) is 22.8 Å². The van der Waals surface area contributed by atoms with E-state index in [2.05, 4.69) is 4.72 Å². The van der Waals surface area contributed by atoms with E-state index in [9.17, 15) is 13.2 Å². The number of hydrogen-bond acceptors (Lipinski definition) is 4. The molecular formula is C15H24N2O3S. The topological polar surface area (TPSA) is 66.5 Å². The molecule has 1 rings (SSSR count). The van der Waals surface area contributed by atoms with Crippen LogP contribution in [0.25, 0.3) is 0 Å². The molecule has 0 heterocycles. The number of nitrogens with zero attached hydrogens (tertiary/aromatic N) is 1. The van der Waals surface area contributed by atoms with Crippen LogP contribution in [-0.4, -0.2) is 45.3 Å². The van der Waals surface area contributed by atoms with E-state index < -0.39 is 10.0 Å². The summed E-state index contributed by atoms with van der Waals surface area (Å²) in [5.74, 6) is -0.0688. The van der Waals surface area contributed by atoms with Crippen molar-refractivity contribution in [1.82, 2.24) is 9.62 Å². The molecule has 118 valence electrons. The summed E-state index contributed by atoms with van der Waals surface area (Å²) in [5.41, 5.74) is 0.122. The Morgan fingerprint density at radius 3 is 2.43 bits per heavy atom. The summed E-state index contributed by atoms with van der Waals surface area (Å²) >= 11 is 0. The second kappa shape index (κ2) is 6.68. The van der Waals surface area contributed by atoms with Crippen LogP contribution < -0.4 is 4.72 Å². The molecule has 1 aromatic carbocycles. The molecule has 0 unspecified atom stereocenters. The fourth-order valence-electron chi connectivity index (χ4n) is 1.55. The molecule has 0 radical (unpaired) electrons. The lowest BCUT2D eigenvalue weighted by atomic mass is 10.1. The van der Waals surface area contributed by atoms with Crippen LogP contribution in [-0.2, 0) is 10.0 Å². The van der Waals surface area contributed by atoms with Crippen molar-refractivity contribution < 1.29 is 13.2 Å². The van der Waals surface area contributed by atoms with Gasteiger partial charge >= 0.3 is 0 Å². The zero-order chi connectivity index (χ0) is 16.3. The molecule has 21 heavy (non-hydrogen) atoms. The van der Waals surface area contributed by atoms with E-state index in [0.29, 0.717) is 12.0 Å². The highest BCUT2D eigenvalue weighted by atomic mass is 32.2. The van der Waals surface area contributed by atoms with Gasteiger partial charge in [-0.15, -0.1) is 0 Å². The Labute approximate surface area is 127 Å². The average Bonchev–Trinajstić information content (AvgIpc) is 2.44. The molecule has 6 heteroatoms. The van der Waals surface area contributed by atoms with E-state index in [1.807, 2.05) is 32.8 Å². The Morgan fingerprint density at radius 1 is 1.29 bits per heavy atom. The van der Waals surface area contributed by atoms with Gasteiger partial charge in [-0.1, -0.05) is 19.1 Å². The Kier molecular flexibility index (Phi) is 5.67. The Hall–Kier alpha value is -1.24. The van der Waals surface area contributed by atoms with Gasteiger partial charge in [0.15, 0.2) is 5.78 Å². The van der Waals surface area contributed by atoms with Crippen molar-refractivity contribution in [2.75, 3.05) is 20.6 Å². The van der Waals surface area contributed by atoms with Gasteiger partial charge in [0.2, 0.25) is 10.0 Å². The molecule has 1 aromatic rings. The molecule has 0 aliphatic heterocycles. The fraction of sp³-hybridized carbons (Fsp3) is 0.533. The number of nitrogens with one attached hydrogen (secondary N) is 1. The molecule has 0 amide bonds. The molecule has 0 aliphatic carbocycles. The smallest absolute Gasteiger partial charge is 0.240 e. The molecule has 0 fully saturated rings. The molecule has 0 saturated heterocycles. The highest BCUT2D eigenvalue weighted by Crippen LogP contribution is 2.15. The standard InChI is InChI=1S/C15H24N2O3S/c1-6-14(18)12-8-7-9-13(10-12)21(19,20)16-11-15(2,3)17(4)5/h7-10,16H,6,11H2,1-5H3. The van der Waals surface area contributed by atoms with E-state index >= 15 is 0 Å². The number of ketones is 1. The average molecular weight is 312 g/mol. The SMILES string of the molecule is CCC(=O)c1cccc(S(=O)(=O)NCC(C)(C)N(C)C)c1. The zero-order valence-electron chi connectivity index (χ0n) is 13.3. The molecule has 1 N–H and O–H groups in total. The Bertz CT molecular complexity index is 607. The van der Waals surface area contributed by atoms with E-state index in [0.717, 1.165) is 0 Å². The van der Waals surface area contributed by atoms with Crippen LogP contribution in [0, 0.1) is 0 Å². The summed E-state index contributed by atoms with van der Waals surface area (Å²) in [4.78, 5) is 13.7. The van der Waals surface area contributed by atoms with Crippen molar-refractivity contribution in [3.05, 3.63) is 29.8 Å². The van der Waals surface area contributed by atoms with Crippen LogP contribution in [0.2, 0.25) is 0 Å². The van der Waals surface area contributed by atoms with Gasteiger partial charge in [0.05, 0.1) is 4.90 Å². The van der Waals surface area contributed by atoms with E-state index in [4.69, 9.17) is 0 Å². The molecule has 0 atom stereocenters. The van der Waals surface area contributed by atoms with Crippen molar-refractivity contribution in [3.8, 4) is 0 Å². The van der Waals surface area contributed by atoms with Gasteiger partial charge in [0.25, 0.3) is 0 Å². The van der Waals surface area contributed by atoms with Crippen LogP contribution in [0.15, 0.2) is 29.2 Å². The van der Waals surface area contributed by atoms with Crippen LogP contribution in [0.5, 0.6) is 0 Å². The summed E-state index contributed by atoms with van der Waals surface area (Å²) in [6.07, 6.45) is 0.352. The molecule has 0 aromatic heterocycles. The minimum absolute atomic E-state index is 0.0688. The zero-order valence-corrected chi connectivity index (χ0v) is 14.1. The van der Waals surface area contributed by atoms with Crippen molar-refractivity contribution in [1.29, 1.82) is 0 Å². The number of Topliss-reactive ketones (excluding diaryl/α,β-unsaturated/α-hetero) is 1. The fourth-order valence-corrected chi connectivity index (χ4v) is 2.80. The van der Waals surface area contributed by atoms with E-state index in [1.165, 1.54) is 12.1 Å². The largest absolute Gasteiger partial charge is 0.303 e. The summed E-state index contributed by atoms with van der Waals surface area (Å²) in [6, 6.07) is 6.15. The monoisotopic (exact) mass is 312 g/mol. The summed E-state index contributed by atoms with van der Waals surface area (Å²) < 4.78 is 27.2. The quantitative estimate of drug-likeness (QED) is 0.781. The molecule has 0 saturated carbocycles. The van der Waals surface area contributed by atoms with Gasteiger partial charge < -0.3 is 4.90 Å². The lowest BCUT2D eigenvalue weighted by Gasteiger charge is -2.32. The number of likely N-dealkylation sites (N-methyl/N-ethyl adjacent to an activating group) is 1. The first-order chi connectivity index (χ1) is 9.60. The van der Waals surface area contributed by atoms with Gasteiger partial charge in [0, 0.05) is 24.1 Å². The third-order valence-corrected chi connectivity index (χ3v) is 5.09. The minimum atomic E-state index is -3.62. The lowest BCUT2D eigenvalue weighted by Crippen LogP contribution is -2.48. The van der Waals surface area contributed by atoms with Gasteiger partial charge in [-0.25, -0.2) is 13.1 Å². The van der Waals surface area contributed by atoms with E-state index in [1.54, 1.807) is 19.1 Å². The number of carbonyl (C=O) groups is 1. The molecule has 5 nitrogen and oxygen atoms in total. The van der Waals surface area contributed by atoms with Crippen molar-refractivity contribution in [2.45, 2.75) is 37.6 Å². The van der Waals surface area contributed by atoms with Gasteiger partial charge in [-0.05, 0) is 40.1 Å². The van der Waals surface area contributed by atoms with Crippen LogP contribution in [0.4, 0.5) is 0 Å². The second-order valence-corrected chi connectivity index (χ2v) is 7.60. The number of hydrogen-bond donors (Lipinski definition) is 1. The van der Waals surface area contributed by atoms with Crippen LogP contribution >= 0.6 is 0 Å². The lowest BCUT2D eigenvalue weighted by molar-refractivity contribution is 0.0988. The highest BCUT2D eigenvalue weighted by molar-refractivity contribution is 7.89. The maximum absolute atomic E-state index is 12.3. The molecule has 0 spiro atoms. The van der Waals surface area contributed by atoms with Crippen molar-refractivity contribution in [3.63, 3.8) is 0 Å². The number of sulfonamides is 1. The van der Waals surface area contributed by atoms with Gasteiger partial charge in [0.1, 0.15) is 0 Å². The first-order valence-corrected chi connectivity index (χ1v) is 8.39. The number of rotatable bonds is 7. The predicted molar refractivity (Wildman–Crippen MR) is 84.0 cm³/mol. The third-order valence-electron chi connectivity index (χ3n) is 3.69.